The van der Waals surface area contributed by atoms with E-state index in [1.807, 2.05) is 34.9 Å². The van der Waals surface area contributed by atoms with Crippen LogP contribution in [0.3, 0.4) is 0 Å². The van der Waals surface area contributed by atoms with Gasteiger partial charge >= 0.3 is 0 Å². The van der Waals surface area contributed by atoms with Crippen LogP contribution in [0.15, 0.2) is 29.2 Å². The summed E-state index contributed by atoms with van der Waals surface area (Å²) in [7, 11) is 0. The average molecular weight is 306 g/mol. The number of β-amino-alcohol motifs (C(OH)–C–C–N with tert-alkyl or cyclic N) is 1. The smallest absolute Gasteiger partial charge is 0.241 e. The number of anilines is 1. The largest absolute Gasteiger partial charge is 0.392 e. The molecule has 4 nitrogen and oxygen atoms in total. The number of aliphatic hydroxyl groups is 1. The number of aliphatic hydroxyl groups excluding tert-OH is 1. The molecular weight excluding hydrogens is 284 g/mol. The fourth-order valence-electron chi connectivity index (χ4n) is 2.96. The summed E-state index contributed by atoms with van der Waals surface area (Å²) in [6, 6.07) is 8.10. The normalized spacial score (nSPS) is 26.5. The number of nitrogens with zero attached hydrogens (tertiary/aromatic N) is 2. The van der Waals surface area contributed by atoms with Crippen LogP contribution in [0.4, 0.5) is 5.69 Å². The fraction of sp³-hybridized carbons (Fsp3) is 0.562. The predicted molar refractivity (Wildman–Crippen MR) is 85.7 cm³/mol. The van der Waals surface area contributed by atoms with E-state index >= 15 is 0 Å². The highest BCUT2D eigenvalue weighted by atomic mass is 32.2. The maximum absolute atomic E-state index is 12.6. The molecule has 5 heteroatoms. The number of hydrogen-bond donors (Lipinski definition) is 1. The Morgan fingerprint density at radius 2 is 2.19 bits per heavy atom. The van der Waals surface area contributed by atoms with Crippen LogP contribution in [0.25, 0.3) is 0 Å². The van der Waals surface area contributed by atoms with Gasteiger partial charge in [-0.3, -0.25) is 9.69 Å². The molecule has 1 aromatic carbocycles. The number of amides is 1. The van der Waals surface area contributed by atoms with Gasteiger partial charge in [0.15, 0.2) is 0 Å². The summed E-state index contributed by atoms with van der Waals surface area (Å²) in [5.74, 6) is 1.43. The number of piperidine rings is 1. The van der Waals surface area contributed by atoms with E-state index in [9.17, 15) is 9.90 Å². The number of rotatable bonds is 2. The Hall–Kier alpha value is -1.04. The van der Waals surface area contributed by atoms with Crippen LogP contribution in [0.2, 0.25) is 0 Å². The third kappa shape index (κ3) is 3.25. The summed E-state index contributed by atoms with van der Waals surface area (Å²) in [5.41, 5.74) is 1.03. The van der Waals surface area contributed by atoms with Gasteiger partial charge in [0.05, 0.1) is 18.3 Å². The minimum absolute atomic E-state index is 0.143. The minimum Gasteiger partial charge on any atom is -0.392 e. The Labute approximate surface area is 130 Å². The molecule has 0 radical (unpaired) electrons. The van der Waals surface area contributed by atoms with E-state index in [2.05, 4.69) is 17.9 Å². The van der Waals surface area contributed by atoms with E-state index in [1.165, 1.54) is 4.90 Å². The van der Waals surface area contributed by atoms with Crippen molar-refractivity contribution in [3.8, 4) is 0 Å². The topological polar surface area (TPSA) is 43.8 Å². The first-order valence-corrected chi connectivity index (χ1v) is 8.56. The molecular formula is C16H22N2O2S. The first kappa shape index (κ1) is 14.9. The van der Waals surface area contributed by atoms with E-state index in [4.69, 9.17) is 0 Å². The molecule has 2 aliphatic rings. The van der Waals surface area contributed by atoms with E-state index in [0.29, 0.717) is 19.0 Å². The van der Waals surface area contributed by atoms with Crippen LogP contribution in [0, 0.1) is 5.92 Å². The van der Waals surface area contributed by atoms with Gasteiger partial charge in [-0.25, -0.2) is 0 Å². The summed E-state index contributed by atoms with van der Waals surface area (Å²) in [5, 5.41) is 9.96. The second kappa shape index (κ2) is 6.38. The SMILES string of the molecule is CC1CCN(CC(=O)N2CCSc3ccccc32)CC1O. The molecule has 2 atom stereocenters. The Morgan fingerprint density at radius 1 is 1.38 bits per heavy atom. The van der Waals surface area contributed by atoms with Gasteiger partial charge < -0.3 is 10.0 Å². The molecule has 114 valence electrons. The Bertz CT molecular complexity index is 523. The Morgan fingerprint density at radius 3 is 3.00 bits per heavy atom. The van der Waals surface area contributed by atoms with Gasteiger partial charge in [-0.1, -0.05) is 19.1 Å². The summed E-state index contributed by atoms with van der Waals surface area (Å²) < 4.78 is 0. The summed E-state index contributed by atoms with van der Waals surface area (Å²) in [6.45, 7) is 4.75. The lowest BCUT2D eigenvalue weighted by Gasteiger charge is -2.36. The lowest BCUT2D eigenvalue weighted by molar-refractivity contribution is -0.120. The number of hydrogen-bond acceptors (Lipinski definition) is 4. The van der Waals surface area contributed by atoms with Crippen molar-refractivity contribution in [2.75, 3.05) is 36.8 Å². The summed E-state index contributed by atoms with van der Waals surface area (Å²) in [4.78, 5) is 17.8. The number of para-hydroxylation sites is 1. The second-order valence-electron chi connectivity index (χ2n) is 5.93. The Kier molecular flexibility index (Phi) is 4.52. The van der Waals surface area contributed by atoms with Crippen LogP contribution in [-0.2, 0) is 4.79 Å². The molecule has 1 saturated heterocycles. The Balaban J connectivity index is 1.67. The zero-order valence-corrected chi connectivity index (χ0v) is 13.2. The highest BCUT2D eigenvalue weighted by Gasteiger charge is 2.28. The second-order valence-corrected chi connectivity index (χ2v) is 7.07. The number of carbonyl (C=O) groups excluding carboxylic acids is 1. The van der Waals surface area contributed by atoms with Gasteiger partial charge in [-0.2, -0.15) is 0 Å². The molecule has 0 saturated carbocycles. The summed E-state index contributed by atoms with van der Waals surface area (Å²) >= 11 is 1.81. The zero-order valence-electron chi connectivity index (χ0n) is 12.4. The van der Waals surface area contributed by atoms with Crippen LogP contribution in [0.1, 0.15) is 13.3 Å². The third-order valence-electron chi connectivity index (χ3n) is 4.39. The van der Waals surface area contributed by atoms with Crippen LogP contribution in [-0.4, -0.2) is 53.9 Å². The molecule has 3 rings (SSSR count). The van der Waals surface area contributed by atoms with Crippen LogP contribution >= 0.6 is 11.8 Å². The predicted octanol–water partition coefficient (Wildman–Crippen LogP) is 1.83. The molecule has 0 spiro atoms. The van der Waals surface area contributed by atoms with E-state index in [0.717, 1.165) is 31.0 Å². The fourth-order valence-corrected chi connectivity index (χ4v) is 3.96. The number of likely N-dealkylation sites (tertiary alicyclic amines) is 1. The molecule has 1 N–H and O–H groups in total. The monoisotopic (exact) mass is 306 g/mol. The molecule has 0 aliphatic carbocycles. The first-order chi connectivity index (χ1) is 10.1. The van der Waals surface area contributed by atoms with Gasteiger partial charge in [0.1, 0.15) is 0 Å². The molecule has 1 aromatic rings. The highest BCUT2D eigenvalue weighted by molar-refractivity contribution is 7.99. The van der Waals surface area contributed by atoms with Crippen molar-refractivity contribution in [1.82, 2.24) is 4.90 Å². The van der Waals surface area contributed by atoms with Crippen molar-refractivity contribution in [3.05, 3.63) is 24.3 Å². The molecule has 2 aliphatic heterocycles. The van der Waals surface area contributed by atoms with Crippen molar-refractivity contribution in [3.63, 3.8) is 0 Å². The van der Waals surface area contributed by atoms with E-state index in [-0.39, 0.29) is 12.0 Å². The van der Waals surface area contributed by atoms with Gasteiger partial charge in [0.25, 0.3) is 0 Å². The van der Waals surface area contributed by atoms with Gasteiger partial charge in [0.2, 0.25) is 5.91 Å². The van der Waals surface area contributed by atoms with Crippen molar-refractivity contribution >= 4 is 23.4 Å². The lowest BCUT2D eigenvalue weighted by atomic mass is 9.96. The molecule has 21 heavy (non-hydrogen) atoms. The van der Waals surface area contributed by atoms with Crippen LogP contribution < -0.4 is 4.90 Å². The summed E-state index contributed by atoms with van der Waals surface area (Å²) in [6.07, 6.45) is 0.650. The lowest BCUT2D eigenvalue weighted by Crippen LogP contribution is -2.48. The standard InChI is InChI=1S/C16H22N2O2S/c1-12-6-7-17(10-14(12)19)11-16(20)18-8-9-21-15-5-3-2-4-13(15)18/h2-5,12,14,19H,6-11H2,1H3. The minimum atomic E-state index is -0.309. The van der Waals surface area contributed by atoms with Crippen molar-refractivity contribution in [2.24, 2.45) is 5.92 Å². The van der Waals surface area contributed by atoms with E-state index in [1.54, 1.807) is 0 Å². The number of benzene rings is 1. The van der Waals surface area contributed by atoms with Crippen LogP contribution in [0.5, 0.6) is 0 Å². The highest BCUT2D eigenvalue weighted by Crippen LogP contribution is 2.34. The van der Waals surface area contributed by atoms with Crippen molar-refractivity contribution in [1.29, 1.82) is 0 Å². The first-order valence-electron chi connectivity index (χ1n) is 7.58. The number of carbonyl (C=O) groups is 1. The molecule has 0 bridgehead atoms. The van der Waals surface area contributed by atoms with Gasteiger partial charge in [-0.05, 0) is 31.0 Å². The number of thioether (sulfide) groups is 1. The third-order valence-corrected chi connectivity index (χ3v) is 5.43. The van der Waals surface area contributed by atoms with Gasteiger partial charge in [-0.15, -0.1) is 11.8 Å². The van der Waals surface area contributed by atoms with Crippen molar-refractivity contribution < 1.29 is 9.90 Å². The maximum atomic E-state index is 12.6. The van der Waals surface area contributed by atoms with Crippen molar-refractivity contribution in [2.45, 2.75) is 24.3 Å². The van der Waals surface area contributed by atoms with Gasteiger partial charge in [0, 0.05) is 23.7 Å². The molecule has 2 heterocycles. The molecule has 1 fully saturated rings. The number of fused-ring (bicyclic) bond motifs is 1. The molecule has 2 unspecified atom stereocenters. The zero-order chi connectivity index (χ0) is 14.8. The van der Waals surface area contributed by atoms with E-state index < -0.39 is 0 Å². The molecule has 1 amide bonds. The maximum Gasteiger partial charge on any atom is 0.241 e. The average Bonchev–Trinajstić information content (AvgIpc) is 2.50. The quantitative estimate of drug-likeness (QED) is 0.905. The molecule has 0 aromatic heterocycles.